The van der Waals surface area contributed by atoms with Gasteiger partial charge in [-0.05, 0) is 13.3 Å². The van der Waals surface area contributed by atoms with E-state index in [1.165, 1.54) is 12.2 Å². The minimum atomic E-state index is -0.955. The first-order chi connectivity index (χ1) is 4.68. The molecule has 0 saturated heterocycles. The third-order valence-electron chi connectivity index (χ3n) is 1.24. The van der Waals surface area contributed by atoms with Crippen molar-refractivity contribution < 1.29 is 9.59 Å². The van der Waals surface area contributed by atoms with Crippen molar-refractivity contribution in [2.45, 2.75) is 25.9 Å². The Morgan fingerprint density at radius 3 is 1.90 bits per heavy atom. The Balaban J connectivity index is 4.52. The SMILES string of the molecule is CCC(C)(N=C=O)N=C=O. The Labute approximate surface area is 58.7 Å². The van der Waals surface area contributed by atoms with Crippen molar-refractivity contribution in [3.05, 3.63) is 0 Å². The summed E-state index contributed by atoms with van der Waals surface area (Å²) in [5.41, 5.74) is -0.955. The van der Waals surface area contributed by atoms with E-state index >= 15 is 0 Å². The third kappa shape index (κ3) is 2.35. The number of hydrogen-bond donors (Lipinski definition) is 0. The van der Waals surface area contributed by atoms with E-state index in [-0.39, 0.29) is 0 Å². The zero-order valence-corrected chi connectivity index (χ0v) is 5.92. The molecule has 0 unspecified atom stereocenters. The lowest BCUT2D eigenvalue weighted by Crippen LogP contribution is -2.16. The fourth-order valence-corrected chi connectivity index (χ4v) is 0.380. The van der Waals surface area contributed by atoms with Crippen LogP contribution in [-0.2, 0) is 9.59 Å². The third-order valence-corrected chi connectivity index (χ3v) is 1.24. The van der Waals surface area contributed by atoms with Crippen LogP contribution in [0.4, 0.5) is 0 Å². The summed E-state index contributed by atoms with van der Waals surface area (Å²) in [6, 6.07) is 0. The minimum Gasteiger partial charge on any atom is -0.211 e. The van der Waals surface area contributed by atoms with E-state index in [4.69, 9.17) is 0 Å². The first-order valence-corrected chi connectivity index (χ1v) is 2.86. The highest BCUT2D eigenvalue weighted by Crippen LogP contribution is 2.14. The lowest BCUT2D eigenvalue weighted by molar-refractivity contribution is 0.461. The van der Waals surface area contributed by atoms with Crippen LogP contribution in [-0.4, -0.2) is 17.8 Å². The quantitative estimate of drug-likeness (QED) is 0.429. The summed E-state index contributed by atoms with van der Waals surface area (Å²) in [6.45, 7) is 3.32. The molecule has 0 bridgehead atoms. The van der Waals surface area contributed by atoms with Gasteiger partial charge in [0.2, 0.25) is 12.2 Å². The molecule has 0 aromatic rings. The van der Waals surface area contributed by atoms with Gasteiger partial charge < -0.3 is 0 Å². The summed E-state index contributed by atoms with van der Waals surface area (Å²) in [7, 11) is 0. The van der Waals surface area contributed by atoms with Gasteiger partial charge in [0.25, 0.3) is 0 Å². The molecular formula is C6H8N2O2. The molecule has 0 amide bonds. The maximum absolute atomic E-state index is 9.77. The summed E-state index contributed by atoms with van der Waals surface area (Å²) in [6.07, 6.45) is 3.18. The molecule has 0 radical (unpaired) electrons. The van der Waals surface area contributed by atoms with Crippen LogP contribution in [0.5, 0.6) is 0 Å². The van der Waals surface area contributed by atoms with Gasteiger partial charge in [0, 0.05) is 0 Å². The molecule has 0 atom stereocenters. The summed E-state index contributed by atoms with van der Waals surface area (Å²) in [5.74, 6) is 0. The molecule has 0 aliphatic rings. The molecule has 0 rings (SSSR count). The van der Waals surface area contributed by atoms with Crippen LogP contribution >= 0.6 is 0 Å². The van der Waals surface area contributed by atoms with Crippen molar-refractivity contribution >= 4 is 12.2 Å². The first-order valence-electron chi connectivity index (χ1n) is 2.86. The molecule has 0 spiro atoms. The highest BCUT2D eigenvalue weighted by atomic mass is 16.1. The maximum atomic E-state index is 9.77. The fraction of sp³-hybridized carbons (Fsp3) is 0.667. The first kappa shape index (κ1) is 8.76. The van der Waals surface area contributed by atoms with Crippen molar-refractivity contribution in [2.75, 3.05) is 0 Å². The van der Waals surface area contributed by atoms with Gasteiger partial charge in [0.05, 0.1) is 0 Å². The van der Waals surface area contributed by atoms with Crippen LogP contribution in [0.25, 0.3) is 0 Å². The van der Waals surface area contributed by atoms with Gasteiger partial charge in [-0.25, -0.2) is 9.59 Å². The monoisotopic (exact) mass is 140 g/mol. The maximum Gasteiger partial charge on any atom is 0.237 e. The number of rotatable bonds is 3. The second kappa shape index (κ2) is 3.72. The van der Waals surface area contributed by atoms with Gasteiger partial charge in [-0.2, -0.15) is 9.98 Å². The van der Waals surface area contributed by atoms with E-state index in [0.29, 0.717) is 6.42 Å². The van der Waals surface area contributed by atoms with E-state index in [2.05, 4.69) is 9.98 Å². The second-order valence-corrected chi connectivity index (χ2v) is 1.98. The van der Waals surface area contributed by atoms with Gasteiger partial charge >= 0.3 is 0 Å². The van der Waals surface area contributed by atoms with Crippen molar-refractivity contribution in [1.29, 1.82) is 0 Å². The molecule has 4 heteroatoms. The highest BCUT2D eigenvalue weighted by molar-refractivity contribution is 5.38. The molecule has 10 heavy (non-hydrogen) atoms. The molecule has 0 aromatic carbocycles. The normalized spacial score (nSPS) is 14.2. The van der Waals surface area contributed by atoms with E-state index in [0.717, 1.165) is 0 Å². The molecule has 54 valence electrons. The minimum absolute atomic E-state index is 0.484. The fourth-order valence-electron chi connectivity index (χ4n) is 0.380. The Morgan fingerprint density at radius 1 is 1.30 bits per heavy atom. The summed E-state index contributed by atoms with van der Waals surface area (Å²) in [5, 5.41) is 0. The number of aliphatic imine (C=N–C) groups is 2. The summed E-state index contributed by atoms with van der Waals surface area (Å²) >= 11 is 0. The van der Waals surface area contributed by atoms with Gasteiger partial charge in [-0.1, -0.05) is 6.92 Å². The Morgan fingerprint density at radius 2 is 1.70 bits per heavy atom. The topological polar surface area (TPSA) is 58.9 Å². The Kier molecular flexibility index (Phi) is 3.26. The average molecular weight is 140 g/mol. The predicted octanol–water partition coefficient (Wildman–Crippen LogP) is 0.784. The van der Waals surface area contributed by atoms with Gasteiger partial charge in [0.1, 0.15) is 0 Å². The molecule has 0 aliphatic carbocycles. The molecule has 4 nitrogen and oxygen atoms in total. The summed E-state index contributed by atoms with van der Waals surface area (Å²) < 4.78 is 0. The lowest BCUT2D eigenvalue weighted by atomic mass is 10.2. The average Bonchev–Trinajstić information content (AvgIpc) is 1.89. The van der Waals surface area contributed by atoms with Crippen molar-refractivity contribution in [1.82, 2.24) is 0 Å². The van der Waals surface area contributed by atoms with Crippen molar-refractivity contribution in [3.8, 4) is 0 Å². The molecule has 0 saturated carbocycles. The highest BCUT2D eigenvalue weighted by Gasteiger charge is 2.18. The molecule has 0 fully saturated rings. The Hall–Kier alpha value is -1.24. The van der Waals surface area contributed by atoms with Crippen LogP contribution in [0.1, 0.15) is 20.3 Å². The Bertz CT molecular complexity index is 182. The van der Waals surface area contributed by atoms with Crippen LogP contribution in [0.3, 0.4) is 0 Å². The van der Waals surface area contributed by atoms with E-state index in [1.807, 2.05) is 0 Å². The molecule has 0 aliphatic heterocycles. The predicted molar refractivity (Wildman–Crippen MR) is 34.9 cm³/mol. The van der Waals surface area contributed by atoms with Crippen LogP contribution in [0.15, 0.2) is 9.98 Å². The zero-order valence-electron chi connectivity index (χ0n) is 5.92. The molecular weight excluding hydrogens is 132 g/mol. The summed E-state index contributed by atoms with van der Waals surface area (Å²) in [4.78, 5) is 26.2. The van der Waals surface area contributed by atoms with Gasteiger partial charge in [-0.15, -0.1) is 0 Å². The number of nitrogens with zero attached hydrogens (tertiary/aromatic N) is 2. The zero-order chi connectivity index (χ0) is 8.04. The van der Waals surface area contributed by atoms with Crippen LogP contribution < -0.4 is 0 Å². The van der Waals surface area contributed by atoms with Crippen molar-refractivity contribution in [3.63, 3.8) is 0 Å². The molecule has 0 aromatic heterocycles. The van der Waals surface area contributed by atoms with Gasteiger partial charge in [-0.3, -0.25) is 0 Å². The lowest BCUT2D eigenvalue weighted by Gasteiger charge is -2.11. The van der Waals surface area contributed by atoms with Gasteiger partial charge in [0.15, 0.2) is 5.66 Å². The largest absolute Gasteiger partial charge is 0.237 e. The number of isocyanates is 2. The van der Waals surface area contributed by atoms with E-state index in [1.54, 1.807) is 13.8 Å². The molecule has 0 N–H and O–H groups in total. The van der Waals surface area contributed by atoms with Crippen molar-refractivity contribution in [2.24, 2.45) is 9.98 Å². The van der Waals surface area contributed by atoms with E-state index < -0.39 is 5.66 Å². The molecule has 0 heterocycles. The second-order valence-electron chi connectivity index (χ2n) is 1.98. The van der Waals surface area contributed by atoms with E-state index in [9.17, 15) is 9.59 Å². The number of hydrogen-bond acceptors (Lipinski definition) is 4. The standard InChI is InChI=1S/C6H8N2O2/c1-3-6(2,7-4-9)8-5-10/h3H2,1-2H3. The van der Waals surface area contributed by atoms with Crippen LogP contribution in [0.2, 0.25) is 0 Å². The smallest absolute Gasteiger partial charge is 0.211 e. The number of carbonyl (C=O) groups excluding carboxylic acids is 2. The van der Waals surface area contributed by atoms with Crippen LogP contribution in [0, 0.1) is 0 Å².